The van der Waals surface area contributed by atoms with E-state index in [1.807, 2.05) is 14.0 Å². The maximum Gasteiger partial charge on any atom is 0.315 e. The molecule has 0 radical (unpaired) electrons. The lowest BCUT2D eigenvalue weighted by molar-refractivity contribution is 0.236. The summed E-state index contributed by atoms with van der Waals surface area (Å²) in [6.07, 6.45) is 3.87. The topological polar surface area (TPSA) is 71.8 Å². The van der Waals surface area contributed by atoms with E-state index >= 15 is 0 Å². The first-order chi connectivity index (χ1) is 11.0. The number of carbonyl (C=O) groups is 1. The molecule has 1 heterocycles. The van der Waals surface area contributed by atoms with Gasteiger partial charge in [-0.1, -0.05) is 24.3 Å². The van der Waals surface area contributed by atoms with Crippen molar-refractivity contribution in [2.75, 3.05) is 6.54 Å². The second kappa shape index (κ2) is 6.02. The average Bonchev–Trinajstić information content (AvgIpc) is 3.19. The van der Waals surface area contributed by atoms with Gasteiger partial charge in [0.2, 0.25) is 0 Å². The minimum atomic E-state index is -0.184. The molecule has 0 spiro atoms. The number of urea groups is 1. The molecule has 6 nitrogen and oxygen atoms in total. The molecule has 1 aromatic carbocycles. The lowest BCUT2D eigenvalue weighted by atomic mass is 9.92. The van der Waals surface area contributed by atoms with Gasteiger partial charge < -0.3 is 15.2 Å². The summed E-state index contributed by atoms with van der Waals surface area (Å²) in [5, 5.41) is 13.8. The Morgan fingerprint density at radius 1 is 1.39 bits per heavy atom. The Morgan fingerprint density at radius 3 is 2.74 bits per heavy atom. The monoisotopic (exact) mass is 313 g/mol. The number of amides is 2. The smallest absolute Gasteiger partial charge is 0.315 e. The van der Waals surface area contributed by atoms with Crippen LogP contribution in [0, 0.1) is 6.92 Å². The summed E-state index contributed by atoms with van der Waals surface area (Å²) >= 11 is 0. The van der Waals surface area contributed by atoms with Gasteiger partial charge in [0, 0.05) is 19.0 Å². The second-order valence-corrected chi connectivity index (χ2v) is 6.44. The molecule has 23 heavy (non-hydrogen) atoms. The Bertz CT molecular complexity index is 705. The van der Waals surface area contributed by atoms with Gasteiger partial charge in [-0.05, 0) is 37.8 Å². The molecule has 0 saturated heterocycles. The number of aryl methyl sites for hydroxylation is 2. The maximum atomic E-state index is 12.2. The van der Waals surface area contributed by atoms with Gasteiger partial charge in [-0.2, -0.15) is 0 Å². The Kier molecular flexibility index (Phi) is 4.07. The summed E-state index contributed by atoms with van der Waals surface area (Å²) < 4.78 is 1.81. The number of hydrogen-bond acceptors (Lipinski definition) is 3. The van der Waals surface area contributed by atoms with E-state index in [2.05, 4.69) is 52.0 Å². The highest BCUT2D eigenvalue weighted by Crippen LogP contribution is 2.48. The third-order valence-electron chi connectivity index (χ3n) is 4.64. The molecule has 0 aliphatic heterocycles. The van der Waals surface area contributed by atoms with Gasteiger partial charge in [-0.15, -0.1) is 10.2 Å². The van der Waals surface area contributed by atoms with E-state index in [0.717, 1.165) is 18.7 Å². The van der Waals surface area contributed by atoms with Crippen molar-refractivity contribution in [3.63, 3.8) is 0 Å². The van der Waals surface area contributed by atoms with Crippen LogP contribution in [-0.4, -0.2) is 27.3 Å². The summed E-state index contributed by atoms with van der Waals surface area (Å²) in [5.74, 6) is 0.736. The van der Waals surface area contributed by atoms with Crippen LogP contribution < -0.4 is 10.6 Å². The Morgan fingerprint density at radius 2 is 2.13 bits per heavy atom. The maximum absolute atomic E-state index is 12.2. The highest BCUT2D eigenvalue weighted by atomic mass is 16.2. The predicted molar refractivity (Wildman–Crippen MR) is 88.0 cm³/mol. The quantitative estimate of drug-likeness (QED) is 0.889. The fourth-order valence-corrected chi connectivity index (χ4v) is 3.11. The minimum absolute atomic E-state index is 0.108. The van der Waals surface area contributed by atoms with Gasteiger partial charge in [-0.25, -0.2) is 4.79 Å². The molecule has 1 atom stereocenters. The molecule has 6 heteroatoms. The largest absolute Gasteiger partial charge is 0.337 e. The fourth-order valence-electron chi connectivity index (χ4n) is 3.11. The van der Waals surface area contributed by atoms with E-state index in [1.165, 1.54) is 11.1 Å². The van der Waals surface area contributed by atoms with E-state index in [0.29, 0.717) is 6.54 Å². The van der Waals surface area contributed by atoms with Crippen LogP contribution in [0.1, 0.15) is 42.8 Å². The van der Waals surface area contributed by atoms with E-state index in [1.54, 1.807) is 10.9 Å². The lowest BCUT2D eigenvalue weighted by Gasteiger charge is -2.20. The number of carbonyl (C=O) groups excluding carboxylic acids is 1. The van der Waals surface area contributed by atoms with Gasteiger partial charge in [0.15, 0.2) is 5.82 Å². The zero-order valence-electron chi connectivity index (χ0n) is 13.8. The van der Waals surface area contributed by atoms with Crippen molar-refractivity contribution in [1.29, 1.82) is 0 Å². The zero-order valence-corrected chi connectivity index (χ0v) is 13.8. The van der Waals surface area contributed by atoms with Crippen molar-refractivity contribution in [2.24, 2.45) is 7.05 Å². The molecular weight excluding hydrogens is 290 g/mol. The third kappa shape index (κ3) is 3.21. The van der Waals surface area contributed by atoms with Crippen molar-refractivity contribution in [3.05, 3.63) is 47.5 Å². The van der Waals surface area contributed by atoms with Crippen LogP contribution in [0.15, 0.2) is 30.6 Å². The zero-order chi connectivity index (χ0) is 16.4. The number of aromatic nitrogens is 3. The van der Waals surface area contributed by atoms with Crippen LogP contribution in [-0.2, 0) is 12.5 Å². The summed E-state index contributed by atoms with van der Waals surface area (Å²) in [7, 11) is 1.86. The molecule has 122 valence electrons. The number of rotatable bonds is 5. The van der Waals surface area contributed by atoms with Crippen LogP contribution in [0.2, 0.25) is 0 Å². The lowest BCUT2D eigenvalue weighted by Crippen LogP contribution is -2.41. The van der Waals surface area contributed by atoms with Crippen LogP contribution in [0.3, 0.4) is 0 Å². The summed E-state index contributed by atoms with van der Waals surface area (Å²) in [6, 6.07) is 8.07. The molecule has 3 rings (SSSR count). The number of benzene rings is 1. The molecule has 1 aliphatic carbocycles. The standard InChI is InChI=1S/C17H23N5O/c1-12-6-4-5-7-14(12)17(8-9-17)10-18-16(23)20-13(2)15-21-19-11-22(15)3/h4-7,11,13H,8-10H2,1-3H3,(H2,18,20,23)/t13-/m0/s1. The predicted octanol–water partition coefficient (Wildman–Crippen LogP) is 2.22. The Balaban J connectivity index is 1.57. The molecule has 1 aliphatic rings. The molecule has 2 N–H and O–H groups in total. The summed E-state index contributed by atoms with van der Waals surface area (Å²) in [6.45, 7) is 4.69. The first-order valence-corrected chi connectivity index (χ1v) is 7.96. The van der Waals surface area contributed by atoms with Gasteiger partial charge >= 0.3 is 6.03 Å². The van der Waals surface area contributed by atoms with E-state index in [-0.39, 0.29) is 17.5 Å². The molecular formula is C17H23N5O. The highest BCUT2D eigenvalue weighted by molar-refractivity contribution is 5.74. The van der Waals surface area contributed by atoms with Crippen LogP contribution in [0.4, 0.5) is 4.79 Å². The number of hydrogen-bond donors (Lipinski definition) is 2. The van der Waals surface area contributed by atoms with E-state index in [9.17, 15) is 4.79 Å². The Labute approximate surface area is 136 Å². The van der Waals surface area contributed by atoms with Gasteiger partial charge in [0.25, 0.3) is 0 Å². The molecule has 2 amide bonds. The molecule has 2 aromatic rings. The molecule has 1 fully saturated rings. The minimum Gasteiger partial charge on any atom is -0.337 e. The van der Waals surface area contributed by atoms with Gasteiger partial charge in [0.05, 0.1) is 6.04 Å². The average molecular weight is 313 g/mol. The van der Waals surface area contributed by atoms with Crippen LogP contribution >= 0.6 is 0 Å². The normalized spacial score (nSPS) is 16.7. The molecule has 1 aromatic heterocycles. The van der Waals surface area contributed by atoms with Gasteiger partial charge in [-0.3, -0.25) is 0 Å². The Hall–Kier alpha value is -2.37. The number of nitrogens with one attached hydrogen (secondary N) is 2. The highest BCUT2D eigenvalue weighted by Gasteiger charge is 2.45. The first-order valence-electron chi connectivity index (χ1n) is 7.96. The van der Waals surface area contributed by atoms with E-state index in [4.69, 9.17) is 0 Å². The van der Waals surface area contributed by atoms with Crippen molar-refractivity contribution in [3.8, 4) is 0 Å². The molecule has 0 bridgehead atoms. The molecule has 0 unspecified atom stereocenters. The number of nitrogens with zero attached hydrogens (tertiary/aromatic N) is 3. The van der Waals surface area contributed by atoms with Crippen molar-refractivity contribution >= 4 is 6.03 Å². The molecule has 1 saturated carbocycles. The van der Waals surface area contributed by atoms with Gasteiger partial charge in [0.1, 0.15) is 6.33 Å². The summed E-state index contributed by atoms with van der Waals surface area (Å²) in [4.78, 5) is 12.2. The van der Waals surface area contributed by atoms with Crippen molar-refractivity contribution in [2.45, 2.75) is 38.1 Å². The summed E-state index contributed by atoms with van der Waals surface area (Å²) in [5.41, 5.74) is 2.75. The third-order valence-corrected chi connectivity index (χ3v) is 4.64. The van der Waals surface area contributed by atoms with Crippen LogP contribution in [0.5, 0.6) is 0 Å². The van der Waals surface area contributed by atoms with Crippen molar-refractivity contribution < 1.29 is 4.79 Å². The SMILES string of the molecule is Cc1ccccc1C1(CNC(=O)N[C@@H](C)c2nncn2C)CC1. The van der Waals surface area contributed by atoms with E-state index < -0.39 is 0 Å². The fraction of sp³-hybridized carbons (Fsp3) is 0.471. The second-order valence-electron chi connectivity index (χ2n) is 6.44. The first kappa shape index (κ1) is 15.5. The van der Waals surface area contributed by atoms with Crippen molar-refractivity contribution in [1.82, 2.24) is 25.4 Å². The van der Waals surface area contributed by atoms with Crippen LogP contribution in [0.25, 0.3) is 0 Å².